The van der Waals surface area contributed by atoms with Crippen molar-refractivity contribution in [1.29, 1.82) is 0 Å². The summed E-state index contributed by atoms with van der Waals surface area (Å²) in [6, 6.07) is 3.36. The largest absolute Gasteiger partial charge is 0.460 e. The molecule has 21 heavy (non-hydrogen) atoms. The molecule has 3 heterocycles. The van der Waals surface area contributed by atoms with Crippen LogP contribution in [0.3, 0.4) is 0 Å². The Balaban J connectivity index is 1.79. The molecule has 0 aliphatic carbocycles. The smallest absolute Gasteiger partial charge is 0.374 e. The molecule has 3 rings (SSSR count). The fraction of sp³-hybridized carbons (Fsp3) is 0.214. The first kappa shape index (κ1) is 13.2. The van der Waals surface area contributed by atoms with Crippen LogP contribution in [-0.2, 0) is 11.3 Å². The number of carbonyl (C=O) groups is 1. The van der Waals surface area contributed by atoms with Crippen LogP contribution >= 0.6 is 0 Å². The second-order valence-electron chi connectivity index (χ2n) is 4.33. The first-order chi connectivity index (χ1) is 10.3. The number of hydrogen-bond donors (Lipinski definition) is 1. The second kappa shape index (κ2) is 5.66. The van der Waals surface area contributed by atoms with Gasteiger partial charge in [-0.25, -0.2) is 14.8 Å². The Bertz CT molecular complexity index is 727. The highest BCUT2D eigenvalue weighted by Crippen LogP contribution is 2.17. The third kappa shape index (κ3) is 2.71. The normalized spacial score (nSPS) is 10.7. The number of aromatic amines is 1. The summed E-state index contributed by atoms with van der Waals surface area (Å²) < 4.78 is 12.3. The first-order valence-electron chi connectivity index (χ1n) is 6.53. The molecule has 3 aromatic rings. The van der Waals surface area contributed by atoms with Crippen LogP contribution in [0, 0.1) is 0 Å². The number of nitrogens with one attached hydrogen (secondary N) is 1. The first-order valence-corrected chi connectivity index (χ1v) is 6.53. The lowest BCUT2D eigenvalue weighted by Crippen LogP contribution is -2.03. The summed E-state index contributed by atoms with van der Waals surface area (Å²) >= 11 is 0. The van der Waals surface area contributed by atoms with E-state index < -0.39 is 5.97 Å². The highest BCUT2D eigenvalue weighted by atomic mass is 16.5. The molecule has 0 aromatic carbocycles. The van der Waals surface area contributed by atoms with E-state index >= 15 is 0 Å². The van der Waals surface area contributed by atoms with Crippen LogP contribution in [0.5, 0.6) is 0 Å². The van der Waals surface area contributed by atoms with Crippen molar-refractivity contribution in [1.82, 2.24) is 19.5 Å². The van der Waals surface area contributed by atoms with Gasteiger partial charge in [0.2, 0.25) is 5.76 Å². The zero-order valence-electron chi connectivity index (χ0n) is 11.4. The lowest BCUT2D eigenvalue weighted by atomic mass is 10.4. The average Bonchev–Trinajstić information content (AvgIpc) is 3.20. The lowest BCUT2D eigenvalue weighted by molar-refractivity contribution is 0.0488. The highest BCUT2D eigenvalue weighted by Gasteiger charge is 2.14. The quantitative estimate of drug-likeness (QED) is 0.726. The zero-order valence-corrected chi connectivity index (χ0v) is 11.4. The number of ether oxygens (including phenoxy) is 1. The predicted molar refractivity (Wildman–Crippen MR) is 73.6 cm³/mol. The summed E-state index contributed by atoms with van der Waals surface area (Å²) in [7, 11) is 0. The van der Waals surface area contributed by atoms with E-state index in [9.17, 15) is 4.79 Å². The maximum Gasteiger partial charge on any atom is 0.374 e. The Hall–Kier alpha value is -2.83. The van der Waals surface area contributed by atoms with E-state index in [1.165, 1.54) is 0 Å². The standard InChI is InChI=1S/C14H14N4O3/c1-2-20-14(19)12-4-3-10(21-12)8-18-6-5-16-13(18)11-7-15-9-17-11/h3-7,9H,2,8H2,1H3,(H,15,17). The van der Waals surface area contributed by atoms with Crippen molar-refractivity contribution in [3.63, 3.8) is 0 Å². The van der Waals surface area contributed by atoms with Crippen molar-refractivity contribution in [3.8, 4) is 11.5 Å². The van der Waals surface area contributed by atoms with Crippen LogP contribution in [0.1, 0.15) is 23.2 Å². The van der Waals surface area contributed by atoms with Crippen molar-refractivity contribution in [2.75, 3.05) is 6.61 Å². The van der Waals surface area contributed by atoms with E-state index in [1.807, 2.05) is 10.8 Å². The molecule has 108 valence electrons. The average molecular weight is 286 g/mol. The minimum atomic E-state index is -0.455. The molecule has 0 aliphatic heterocycles. The third-order valence-electron chi connectivity index (χ3n) is 2.92. The van der Waals surface area contributed by atoms with Gasteiger partial charge in [0.15, 0.2) is 5.82 Å². The topological polar surface area (TPSA) is 85.9 Å². The van der Waals surface area contributed by atoms with E-state index in [4.69, 9.17) is 9.15 Å². The second-order valence-corrected chi connectivity index (χ2v) is 4.33. The fourth-order valence-electron chi connectivity index (χ4n) is 2.00. The number of furan rings is 1. The van der Waals surface area contributed by atoms with Crippen molar-refractivity contribution in [3.05, 3.63) is 48.6 Å². The minimum Gasteiger partial charge on any atom is -0.460 e. The van der Waals surface area contributed by atoms with Crippen LogP contribution in [-0.4, -0.2) is 32.1 Å². The summed E-state index contributed by atoms with van der Waals surface area (Å²) in [4.78, 5) is 22.8. The molecule has 0 atom stereocenters. The molecule has 0 radical (unpaired) electrons. The van der Waals surface area contributed by atoms with Gasteiger partial charge in [0, 0.05) is 12.4 Å². The molecule has 0 unspecified atom stereocenters. The van der Waals surface area contributed by atoms with E-state index in [2.05, 4.69) is 15.0 Å². The molecule has 0 spiro atoms. The van der Waals surface area contributed by atoms with Crippen LogP contribution in [0.2, 0.25) is 0 Å². The molecule has 0 fully saturated rings. The van der Waals surface area contributed by atoms with Gasteiger partial charge in [-0.1, -0.05) is 0 Å². The maximum atomic E-state index is 11.6. The van der Waals surface area contributed by atoms with E-state index in [0.717, 1.165) is 11.5 Å². The summed E-state index contributed by atoms with van der Waals surface area (Å²) in [5.41, 5.74) is 0.817. The fourth-order valence-corrected chi connectivity index (χ4v) is 2.00. The summed E-state index contributed by atoms with van der Waals surface area (Å²) in [6.45, 7) is 2.54. The lowest BCUT2D eigenvalue weighted by Gasteiger charge is -2.04. The molecule has 7 nitrogen and oxygen atoms in total. The van der Waals surface area contributed by atoms with Crippen molar-refractivity contribution in [2.24, 2.45) is 0 Å². The zero-order chi connectivity index (χ0) is 14.7. The number of esters is 1. The summed E-state index contributed by atoms with van der Waals surface area (Å²) in [5, 5.41) is 0. The molecule has 7 heteroatoms. The van der Waals surface area contributed by atoms with Crippen molar-refractivity contribution >= 4 is 5.97 Å². The summed E-state index contributed by atoms with van der Waals surface area (Å²) in [5.74, 6) is 1.15. The van der Waals surface area contributed by atoms with Gasteiger partial charge in [-0.05, 0) is 19.1 Å². The van der Waals surface area contributed by atoms with Gasteiger partial charge < -0.3 is 18.7 Å². The van der Waals surface area contributed by atoms with Gasteiger partial charge in [-0.3, -0.25) is 0 Å². The Kier molecular flexibility index (Phi) is 3.55. The number of aromatic nitrogens is 4. The van der Waals surface area contributed by atoms with Gasteiger partial charge in [0.25, 0.3) is 0 Å². The number of nitrogens with zero attached hydrogens (tertiary/aromatic N) is 3. The molecule has 0 aliphatic rings. The number of hydrogen-bond acceptors (Lipinski definition) is 5. The predicted octanol–water partition coefficient (Wildman–Crippen LogP) is 2.09. The van der Waals surface area contributed by atoms with Gasteiger partial charge in [-0.2, -0.15) is 0 Å². The van der Waals surface area contributed by atoms with Gasteiger partial charge in [0.1, 0.15) is 11.5 Å². The van der Waals surface area contributed by atoms with Crippen LogP contribution in [0.4, 0.5) is 0 Å². The molecule has 0 amide bonds. The minimum absolute atomic E-state index is 0.204. The highest BCUT2D eigenvalue weighted by molar-refractivity contribution is 5.86. The Morgan fingerprint density at radius 1 is 1.48 bits per heavy atom. The number of H-pyrrole nitrogens is 1. The molecular formula is C14H14N4O3. The van der Waals surface area contributed by atoms with Gasteiger partial charge >= 0.3 is 5.97 Å². The van der Waals surface area contributed by atoms with E-state index in [0.29, 0.717) is 18.9 Å². The van der Waals surface area contributed by atoms with Crippen LogP contribution in [0.15, 0.2) is 41.5 Å². The molecule has 1 N–H and O–H groups in total. The van der Waals surface area contributed by atoms with Gasteiger partial charge in [0.05, 0.1) is 25.7 Å². The van der Waals surface area contributed by atoms with Crippen LogP contribution < -0.4 is 0 Å². The summed E-state index contributed by atoms with van der Waals surface area (Å²) in [6.07, 6.45) is 6.83. The van der Waals surface area contributed by atoms with Crippen molar-refractivity contribution < 1.29 is 13.9 Å². The SMILES string of the molecule is CCOC(=O)c1ccc(Cn2ccnc2-c2cnc[nH]2)o1. The molecular weight excluding hydrogens is 272 g/mol. The number of carbonyl (C=O) groups excluding carboxylic acids is 1. The molecule has 3 aromatic heterocycles. The van der Waals surface area contributed by atoms with E-state index in [1.54, 1.807) is 37.8 Å². The van der Waals surface area contributed by atoms with Crippen LogP contribution in [0.25, 0.3) is 11.5 Å². The third-order valence-corrected chi connectivity index (χ3v) is 2.92. The Morgan fingerprint density at radius 2 is 2.38 bits per heavy atom. The molecule has 0 bridgehead atoms. The Labute approximate surface area is 120 Å². The molecule has 0 saturated carbocycles. The maximum absolute atomic E-state index is 11.6. The number of imidazole rings is 2. The monoisotopic (exact) mass is 286 g/mol. The molecule has 0 saturated heterocycles. The van der Waals surface area contributed by atoms with E-state index in [-0.39, 0.29) is 5.76 Å². The number of rotatable bonds is 5. The Morgan fingerprint density at radius 3 is 3.14 bits per heavy atom. The van der Waals surface area contributed by atoms with Crippen molar-refractivity contribution in [2.45, 2.75) is 13.5 Å². The van der Waals surface area contributed by atoms with Gasteiger partial charge in [-0.15, -0.1) is 0 Å².